The number of carbonyl (C=O) groups is 1. The molecule has 0 spiro atoms. The normalized spacial score (nSPS) is 18.8. The second-order valence-electron chi connectivity index (χ2n) is 6.76. The summed E-state index contributed by atoms with van der Waals surface area (Å²) in [4.78, 5) is 11.5. The van der Waals surface area contributed by atoms with E-state index in [1.54, 1.807) is 43.8 Å². The van der Waals surface area contributed by atoms with Crippen LogP contribution in [0.3, 0.4) is 0 Å². The number of piperidine rings is 1. The van der Waals surface area contributed by atoms with E-state index in [9.17, 15) is 18.3 Å². The van der Waals surface area contributed by atoms with E-state index in [1.165, 1.54) is 4.31 Å². The molecule has 0 unspecified atom stereocenters. The van der Waals surface area contributed by atoms with Crippen molar-refractivity contribution in [2.24, 2.45) is 7.05 Å². The van der Waals surface area contributed by atoms with Gasteiger partial charge in [-0.2, -0.15) is 9.40 Å². The lowest BCUT2D eigenvalue weighted by molar-refractivity contribution is 0.0696. The molecule has 0 bridgehead atoms. The van der Waals surface area contributed by atoms with E-state index in [2.05, 4.69) is 5.10 Å². The van der Waals surface area contributed by atoms with Crippen molar-refractivity contribution in [2.45, 2.75) is 37.5 Å². The maximum atomic E-state index is 13.2. The molecule has 0 radical (unpaired) electrons. The largest absolute Gasteiger partial charge is 0.478 e. The highest BCUT2D eigenvalue weighted by molar-refractivity contribution is 7.89. The zero-order chi connectivity index (χ0) is 19.1. The van der Waals surface area contributed by atoms with Crippen molar-refractivity contribution >= 4 is 16.0 Å². The standard InChI is InChI=1S/C18H23N3O4S/c1-12-17(13(2)20(3)19-12)26(24,25)21-9-5-8-16(11-21)14-6-4-7-15(10-14)18(22)23/h4,6-7,10,16H,5,8-9,11H2,1-3H3,(H,22,23)/t16-/m0/s1. The van der Waals surface area contributed by atoms with Gasteiger partial charge in [-0.25, -0.2) is 13.2 Å². The smallest absolute Gasteiger partial charge is 0.335 e. The van der Waals surface area contributed by atoms with Crippen molar-refractivity contribution in [3.05, 3.63) is 46.8 Å². The second-order valence-corrected chi connectivity index (χ2v) is 8.63. The third kappa shape index (κ3) is 3.26. The molecule has 8 heteroatoms. The van der Waals surface area contributed by atoms with Gasteiger partial charge in [-0.05, 0) is 50.3 Å². The number of benzene rings is 1. The number of carboxylic acid groups (broad SMARTS) is 1. The molecule has 0 amide bonds. The summed E-state index contributed by atoms with van der Waals surface area (Å²) in [5.74, 6) is -0.996. The minimum atomic E-state index is -3.64. The van der Waals surface area contributed by atoms with Gasteiger partial charge in [-0.3, -0.25) is 4.68 Å². The molecule has 26 heavy (non-hydrogen) atoms. The Morgan fingerprint density at radius 2 is 2.04 bits per heavy atom. The van der Waals surface area contributed by atoms with E-state index in [0.717, 1.165) is 18.4 Å². The Morgan fingerprint density at radius 3 is 2.65 bits per heavy atom. The molecule has 1 atom stereocenters. The summed E-state index contributed by atoms with van der Waals surface area (Å²) in [7, 11) is -1.90. The molecular formula is C18H23N3O4S. The fourth-order valence-corrected chi connectivity index (χ4v) is 5.54. The Labute approximate surface area is 153 Å². The van der Waals surface area contributed by atoms with Crippen LogP contribution in [0.4, 0.5) is 0 Å². The average Bonchev–Trinajstić information content (AvgIpc) is 2.87. The van der Waals surface area contributed by atoms with E-state index in [-0.39, 0.29) is 16.4 Å². The van der Waals surface area contributed by atoms with E-state index >= 15 is 0 Å². The predicted octanol–water partition coefficient (Wildman–Crippen LogP) is 2.30. The first-order valence-corrected chi connectivity index (χ1v) is 9.99. The first-order chi connectivity index (χ1) is 12.2. The van der Waals surface area contributed by atoms with E-state index in [1.807, 2.05) is 6.07 Å². The fraction of sp³-hybridized carbons (Fsp3) is 0.444. The van der Waals surface area contributed by atoms with Gasteiger partial charge in [-0.15, -0.1) is 0 Å². The number of sulfonamides is 1. The molecule has 1 saturated heterocycles. The van der Waals surface area contributed by atoms with E-state index in [4.69, 9.17) is 0 Å². The van der Waals surface area contributed by atoms with Crippen molar-refractivity contribution < 1.29 is 18.3 Å². The number of aromatic nitrogens is 2. The minimum Gasteiger partial charge on any atom is -0.478 e. The molecule has 3 rings (SSSR count). The minimum absolute atomic E-state index is 0.0184. The molecule has 7 nitrogen and oxygen atoms in total. The van der Waals surface area contributed by atoms with E-state index < -0.39 is 16.0 Å². The Kier molecular flexibility index (Phi) is 4.90. The molecule has 1 aromatic heterocycles. The zero-order valence-electron chi connectivity index (χ0n) is 15.1. The number of carboxylic acids is 1. The van der Waals surface area contributed by atoms with Gasteiger partial charge in [-0.1, -0.05) is 12.1 Å². The number of nitrogens with zero attached hydrogens (tertiary/aromatic N) is 3. The molecule has 1 aromatic carbocycles. The van der Waals surface area contributed by atoms with Gasteiger partial charge < -0.3 is 5.11 Å². The number of hydrogen-bond donors (Lipinski definition) is 1. The molecular weight excluding hydrogens is 354 g/mol. The summed E-state index contributed by atoms with van der Waals surface area (Å²) in [5, 5.41) is 13.4. The van der Waals surface area contributed by atoms with Crippen LogP contribution in [-0.4, -0.2) is 46.7 Å². The average molecular weight is 377 g/mol. The number of aromatic carboxylic acids is 1. The quantitative estimate of drug-likeness (QED) is 0.883. The highest BCUT2D eigenvalue weighted by atomic mass is 32.2. The number of aryl methyl sites for hydroxylation is 2. The van der Waals surface area contributed by atoms with Gasteiger partial charge in [0.05, 0.1) is 17.0 Å². The SMILES string of the molecule is Cc1nn(C)c(C)c1S(=O)(=O)N1CCC[C@H](c2cccc(C(=O)O)c2)C1. The van der Waals surface area contributed by atoms with Crippen LogP contribution in [0.1, 0.15) is 46.1 Å². The summed E-state index contributed by atoms with van der Waals surface area (Å²) in [6, 6.07) is 6.77. The second kappa shape index (κ2) is 6.85. The Balaban J connectivity index is 1.91. The van der Waals surface area contributed by atoms with Crippen LogP contribution in [0.15, 0.2) is 29.2 Å². The maximum absolute atomic E-state index is 13.2. The molecule has 0 saturated carbocycles. The first kappa shape index (κ1) is 18.6. The predicted molar refractivity (Wildman–Crippen MR) is 96.8 cm³/mol. The van der Waals surface area contributed by atoms with Crippen LogP contribution < -0.4 is 0 Å². The number of rotatable bonds is 4. The summed E-state index contributed by atoms with van der Waals surface area (Å²) in [6.45, 7) is 4.27. The lowest BCUT2D eigenvalue weighted by Gasteiger charge is -2.32. The summed E-state index contributed by atoms with van der Waals surface area (Å²) < 4.78 is 29.4. The fourth-order valence-electron chi connectivity index (χ4n) is 3.62. The zero-order valence-corrected chi connectivity index (χ0v) is 16.0. The molecule has 1 aliphatic rings. The first-order valence-electron chi connectivity index (χ1n) is 8.55. The van der Waals surface area contributed by atoms with Gasteiger partial charge in [0.2, 0.25) is 10.0 Å². The Bertz CT molecular complexity index is 949. The van der Waals surface area contributed by atoms with Crippen LogP contribution in [-0.2, 0) is 17.1 Å². The van der Waals surface area contributed by atoms with Gasteiger partial charge >= 0.3 is 5.97 Å². The van der Waals surface area contributed by atoms with E-state index in [0.29, 0.717) is 24.5 Å². The molecule has 1 N–H and O–H groups in total. The molecule has 1 fully saturated rings. The number of hydrogen-bond acceptors (Lipinski definition) is 4. The Morgan fingerprint density at radius 1 is 1.31 bits per heavy atom. The summed E-state index contributed by atoms with van der Waals surface area (Å²) in [6.07, 6.45) is 1.57. The maximum Gasteiger partial charge on any atom is 0.335 e. The summed E-state index contributed by atoms with van der Waals surface area (Å²) in [5.41, 5.74) is 2.21. The lowest BCUT2D eigenvalue weighted by atomic mass is 9.91. The Hall–Kier alpha value is -2.19. The van der Waals surface area contributed by atoms with Crippen molar-refractivity contribution in [3.8, 4) is 0 Å². The van der Waals surface area contributed by atoms with Crippen molar-refractivity contribution in [2.75, 3.05) is 13.1 Å². The van der Waals surface area contributed by atoms with Crippen molar-refractivity contribution in [1.29, 1.82) is 0 Å². The van der Waals surface area contributed by atoms with Gasteiger partial charge in [0.15, 0.2) is 0 Å². The third-order valence-electron chi connectivity index (χ3n) is 5.03. The van der Waals surface area contributed by atoms with Crippen molar-refractivity contribution in [1.82, 2.24) is 14.1 Å². The van der Waals surface area contributed by atoms with Gasteiger partial charge in [0.1, 0.15) is 4.90 Å². The molecule has 140 valence electrons. The van der Waals surface area contributed by atoms with Crippen LogP contribution in [0, 0.1) is 13.8 Å². The summed E-state index contributed by atoms with van der Waals surface area (Å²) >= 11 is 0. The highest BCUT2D eigenvalue weighted by Crippen LogP contribution is 2.32. The lowest BCUT2D eigenvalue weighted by Crippen LogP contribution is -2.39. The molecule has 0 aliphatic carbocycles. The highest BCUT2D eigenvalue weighted by Gasteiger charge is 2.34. The topological polar surface area (TPSA) is 92.5 Å². The van der Waals surface area contributed by atoms with Crippen LogP contribution in [0.5, 0.6) is 0 Å². The molecule has 2 heterocycles. The van der Waals surface area contributed by atoms with Crippen LogP contribution in [0.25, 0.3) is 0 Å². The van der Waals surface area contributed by atoms with Gasteiger partial charge in [0.25, 0.3) is 0 Å². The third-order valence-corrected chi connectivity index (χ3v) is 7.15. The monoisotopic (exact) mass is 377 g/mol. The van der Waals surface area contributed by atoms with Crippen molar-refractivity contribution in [3.63, 3.8) is 0 Å². The van der Waals surface area contributed by atoms with Crippen LogP contribution in [0.2, 0.25) is 0 Å². The molecule has 1 aliphatic heterocycles. The molecule has 2 aromatic rings. The van der Waals surface area contributed by atoms with Crippen LogP contribution >= 0.6 is 0 Å². The van der Waals surface area contributed by atoms with Gasteiger partial charge in [0, 0.05) is 20.1 Å².